The minimum absolute atomic E-state index is 0.0946. The van der Waals surface area contributed by atoms with E-state index in [0.29, 0.717) is 12.8 Å². The topological polar surface area (TPSA) is 88.0 Å². The van der Waals surface area contributed by atoms with Crippen LogP contribution in [0.15, 0.2) is 24.3 Å². The van der Waals surface area contributed by atoms with Gasteiger partial charge in [-0.1, -0.05) is 12.1 Å². The molecular formula is C15H21NO5. The Hall–Kier alpha value is -1.63. The minimum Gasteiger partial charge on any atom is -0.497 e. The van der Waals surface area contributed by atoms with Crippen molar-refractivity contribution in [3.05, 3.63) is 29.8 Å². The largest absolute Gasteiger partial charge is 0.497 e. The number of hydrogen-bond acceptors (Lipinski definition) is 5. The maximum absolute atomic E-state index is 11.9. The third-order valence-electron chi connectivity index (χ3n) is 3.51. The molecule has 0 saturated carbocycles. The van der Waals surface area contributed by atoms with Gasteiger partial charge in [-0.25, -0.2) is 0 Å². The number of rotatable bonds is 5. The summed E-state index contributed by atoms with van der Waals surface area (Å²) in [6, 6.07) is 6.97. The van der Waals surface area contributed by atoms with Gasteiger partial charge in [0.1, 0.15) is 18.0 Å². The van der Waals surface area contributed by atoms with Gasteiger partial charge in [-0.15, -0.1) is 0 Å². The van der Waals surface area contributed by atoms with E-state index in [9.17, 15) is 15.0 Å². The number of nitrogens with one attached hydrogen (secondary N) is 1. The fourth-order valence-corrected chi connectivity index (χ4v) is 2.27. The Bertz CT molecular complexity index is 479. The molecule has 1 amide bonds. The van der Waals surface area contributed by atoms with E-state index in [-0.39, 0.29) is 19.1 Å². The van der Waals surface area contributed by atoms with Crippen LogP contribution in [-0.2, 0) is 16.0 Å². The zero-order chi connectivity index (χ0) is 15.2. The summed E-state index contributed by atoms with van der Waals surface area (Å²) >= 11 is 0. The number of amides is 1. The van der Waals surface area contributed by atoms with Gasteiger partial charge in [0, 0.05) is 6.42 Å². The van der Waals surface area contributed by atoms with Crippen LogP contribution >= 0.6 is 0 Å². The average molecular weight is 295 g/mol. The van der Waals surface area contributed by atoms with Crippen molar-refractivity contribution in [1.82, 2.24) is 5.32 Å². The standard InChI is InChI=1S/C15H21NO5/c1-20-11-4-2-3-10(7-11)5-6-14(18)16-12-8-21-9-13(17)15(12)19/h2-4,7,12-13,15,17,19H,5-6,8-9H2,1H3,(H,16,18)/t12-,13-,15+/m1/s1. The van der Waals surface area contributed by atoms with E-state index in [1.165, 1.54) is 0 Å². The van der Waals surface area contributed by atoms with E-state index >= 15 is 0 Å². The molecule has 3 atom stereocenters. The molecule has 0 aliphatic carbocycles. The first-order valence-electron chi connectivity index (χ1n) is 6.96. The second kappa shape index (κ2) is 7.40. The van der Waals surface area contributed by atoms with Gasteiger partial charge in [0.05, 0.1) is 26.4 Å². The molecule has 1 aliphatic heterocycles. The summed E-state index contributed by atoms with van der Waals surface area (Å²) in [6.45, 7) is 0.306. The lowest BCUT2D eigenvalue weighted by molar-refractivity contribution is -0.131. The molecule has 0 aromatic heterocycles. The Balaban J connectivity index is 1.81. The highest BCUT2D eigenvalue weighted by atomic mass is 16.5. The van der Waals surface area contributed by atoms with Gasteiger partial charge < -0.3 is 25.0 Å². The van der Waals surface area contributed by atoms with Crippen LogP contribution in [0, 0.1) is 0 Å². The molecular weight excluding hydrogens is 274 g/mol. The Morgan fingerprint density at radius 2 is 2.24 bits per heavy atom. The maximum Gasteiger partial charge on any atom is 0.220 e. The summed E-state index contributed by atoms with van der Waals surface area (Å²) in [4.78, 5) is 11.9. The van der Waals surface area contributed by atoms with Gasteiger partial charge in [-0.3, -0.25) is 4.79 Å². The molecule has 0 spiro atoms. The lowest BCUT2D eigenvalue weighted by Gasteiger charge is -2.32. The van der Waals surface area contributed by atoms with E-state index in [0.717, 1.165) is 11.3 Å². The molecule has 1 fully saturated rings. The second-order valence-electron chi connectivity index (χ2n) is 5.12. The monoisotopic (exact) mass is 295 g/mol. The molecule has 6 heteroatoms. The number of carbonyl (C=O) groups excluding carboxylic acids is 1. The molecule has 0 bridgehead atoms. The van der Waals surface area contributed by atoms with Crippen LogP contribution in [0.2, 0.25) is 0 Å². The SMILES string of the molecule is COc1cccc(CCC(=O)N[C@@H]2COC[C@@H](O)[C@H]2O)c1. The zero-order valence-corrected chi connectivity index (χ0v) is 12.0. The first kappa shape index (κ1) is 15.8. The van der Waals surface area contributed by atoms with Crippen molar-refractivity contribution in [1.29, 1.82) is 0 Å². The number of benzene rings is 1. The zero-order valence-electron chi connectivity index (χ0n) is 12.0. The lowest BCUT2D eigenvalue weighted by atomic mass is 10.0. The second-order valence-corrected chi connectivity index (χ2v) is 5.12. The van der Waals surface area contributed by atoms with Gasteiger partial charge in [0.15, 0.2) is 0 Å². The van der Waals surface area contributed by atoms with Crippen LogP contribution in [-0.4, -0.2) is 54.7 Å². The minimum atomic E-state index is -0.987. The normalized spacial score (nSPS) is 25.4. The van der Waals surface area contributed by atoms with Crippen molar-refractivity contribution < 1.29 is 24.5 Å². The molecule has 116 valence electrons. The molecule has 0 radical (unpaired) electrons. The Morgan fingerprint density at radius 3 is 3.00 bits per heavy atom. The van der Waals surface area contributed by atoms with Gasteiger partial charge in [0.2, 0.25) is 5.91 Å². The molecule has 1 aromatic rings. The van der Waals surface area contributed by atoms with Crippen molar-refractivity contribution in [3.63, 3.8) is 0 Å². The third kappa shape index (κ3) is 4.42. The van der Waals surface area contributed by atoms with Crippen molar-refractivity contribution in [3.8, 4) is 5.75 Å². The fourth-order valence-electron chi connectivity index (χ4n) is 2.27. The third-order valence-corrected chi connectivity index (χ3v) is 3.51. The first-order valence-corrected chi connectivity index (χ1v) is 6.96. The van der Waals surface area contributed by atoms with Crippen molar-refractivity contribution in [2.45, 2.75) is 31.1 Å². The maximum atomic E-state index is 11.9. The van der Waals surface area contributed by atoms with Crippen LogP contribution in [0.3, 0.4) is 0 Å². The van der Waals surface area contributed by atoms with Gasteiger partial charge in [-0.05, 0) is 24.1 Å². The van der Waals surface area contributed by atoms with Gasteiger partial charge in [-0.2, -0.15) is 0 Å². The van der Waals surface area contributed by atoms with Gasteiger partial charge in [0.25, 0.3) is 0 Å². The molecule has 1 heterocycles. The molecule has 3 N–H and O–H groups in total. The van der Waals surface area contributed by atoms with E-state index in [1.54, 1.807) is 7.11 Å². The van der Waals surface area contributed by atoms with Crippen LogP contribution < -0.4 is 10.1 Å². The molecule has 1 aliphatic rings. The predicted molar refractivity (Wildman–Crippen MR) is 76.1 cm³/mol. The number of carbonyl (C=O) groups is 1. The van der Waals surface area contributed by atoms with Crippen LogP contribution in [0.25, 0.3) is 0 Å². The van der Waals surface area contributed by atoms with Crippen molar-refractivity contribution in [2.75, 3.05) is 20.3 Å². The number of hydrogen-bond donors (Lipinski definition) is 3. The van der Waals surface area contributed by atoms with Crippen molar-refractivity contribution >= 4 is 5.91 Å². The van der Waals surface area contributed by atoms with E-state index in [4.69, 9.17) is 9.47 Å². The summed E-state index contributed by atoms with van der Waals surface area (Å²) in [5, 5.41) is 22.0. The van der Waals surface area contributed by atoms with Crippen LogP contribution in [0.5, 0.6) is 5.75 Å². The average Bonchev–Trinajstić information content (AvgIpc) is 2.50. The number of aliphatic hydroxyl groups excluding tert-OH is 2. The molecule has 0 unspecified atom stereocenters. The summed E-state index contributed by atoms with van der Waals surface area (Å²) < 4.78 is 10.2. The number of aryl methyl sites for hydroxylation is 1. The Kier molecular flexibility index (Phi) is 5.55. The summed E-state index contributed by atoms with van der Waals surface area (Å²) in [7, 11) is 1.60. The number of methoxy groups -OCH3 is 1. The van der Waals surface area contributed by atoms with Crippen LogP contribution in [0.1, 0.15) is 12.0 Å². The molecule has 21 heavy (non-hydrogen) atoms. The predicted octanol–water partition coefficient (Wildman–Crippen LogP) is -0.135. The number of ether oxygens (including phenoxy) is 2. The molecule has 1 saturated heterocycles. The first-order chi connectivity index (χ1) is 10.1. The fraction of sp³-hybridized carbons (Fsp3) is 0.533. The quantitative estimate of drug-likeness (QED) is 0.704. The molecule has 6 nitrogen and oxygen atoms in total. The summed E-state index contributed by atoms with van der Waals surface area (Å²) in [6.07, 6.45) is -1.07. The van der Waals surface area contributed by atoms with E-state index < -0.39 is 18.2 Å². The van der Waals surface area contributed by atoms with Crippen LogP contribution in [0.4, 0.5) is 0 Å². The summed E-state index contributed by atoms with van der Waals surface area (Å²) in [5.74, 6) is 0.576. The smallest absolute Gasteiger partial charge is 0.220 e. The Labute approximate surface area is 123 Å². The van der Waals surface area contributed by atoms with Crippen molar-refractivity contribution in [2.24, 2.45) is 0 Å². The highest BCUT2D eigenvalue weighted by Gasteiger charge is 2.32. The highest BCUT2D eigenvalue weighted by molar-refractivity contribution is 5.76. The molecule has 1 aromatic carbocycles. The molecule has 2 rings (SSSR count). The van der Waals surface area contributed by atoms with E-state index in [2.05, 4.69) is 5.32 Å². The number of aliphatic hydroxyl groups is 2. The van der Waals surface area contributed by atoms with E-state index in [1.807, 2.05) is 24.3 Å². The Morgan fingerprint density at radius 1 is 1.43 bits per heavy atom. The summed E-state index contributed by atoms with van der Waals surface area (Å²) in [5.41, 5.74) is 1.00. The van der Waals surface area contributed by atoms with Gasteiger partial charge >= 0.3 is 0 Å². The lowest BCUT2D eigenvalue weighted by Crippen LogP contribution is -2.55. The highest BCUT2D eigenvalue weighted by Crippen LogP contribution is 2.14.